The average Bonchev–Trinajstić information content (AvgIpc) is 2.34. The van der Waals surface area contributed by atoms with Gasteiger partial charge in [-0.05, 0) is 29.8 Å². The number of rotatable bonds is 3. The molecule has 0 saturated heterocycles. The van der Waals surface area contributed by atoms with E-state index in [0.717, 1.165) is 0 Å². The number of carbonyl (C=O) groups excluding carboxylic acids is 1. The number of nitrogens with two attached hydrogens (primary N) is 1. The summed E-state index contributed by atoms with van der Waals surface area (Å²) in [7, 11) is 0. The first-order valence-electron chi connectivity index (χ1n) is 3.49. The van der Waals surface area contributed by atoms with Crippen LogP contribution in [0.1, 0.15) is 13.8 Å². The van der Waals surface area contributed by atoms with Gasteiger partial charge < -0.3 is 11.1 Å². The normalized spacial score (nSPS) is 11.3. The third-order valence-electron chi connectivity index (χ3n) is 1.44. The van der Waals surface area contributed by atoms with Gasteiger partial charge in [0, 0.05) is 0 Å². The zero-order valence-electron chi connectivity index (χ0n) is 7.17. The number of carbonyl (C=O) groups is 1. The topological polar surface area (TPSA) is 80.9 Å². The second-order valence-electron chi connectivity index (χ2n) is 2.97. The van der Waals surface area contributed by atoms with Crippen LogP contribution in [0.3, 0.4) is 0 Å². The highest BCUT2D eigenvalue weighted by Gasteiger charge is 2.25. The molecule has 5 nitrogen and oxygen atoms in total. The summed E-state index contributed by atoms with van der Waals surface area (Å²) in [5, 5.41) is 11.0. The first-order chi connectivity index (χ1) is 5.92. The summed E-state index contributed by atoms with van der Waals surface area (Å²) in [4.78, 5) is 10.9. The Kier molecular flexibility index (Phi) is 2.87. The van der Waals surface area contributed by atoms with Crippen molar-refractivity contribution in [2.45, 2.75) is 19.4 Å². The molecule has 0 saturated carbocycles. The van der Waals surface area contributed by atoms with Gasteiger partial charge in [0.25, 0.3) is 0 Å². The number of amides is 1. The largest absolute Gasteiger partial charge is 0.368 e. The minimum atomic E-state index is -0.807. The van der Waals surface area contributed by atoms with Crippen LogP contribution >= 0.6 is 27.3 Å². The Balaban J connectivity index is 2.74. The predicted octanol–water partition coefficient (Wildman–Crippen LogP) is 0.976. The van der Waals surface area contributed by atoms with E-state index in [1.54, 1.807) is 13.8 Å². The third-order valence-corrected chi connectivity index (χ3v) is 2.71. The van der Waals surface area contributed by atoms with Crippen LogP contribution in [0.4, 0.5) is 5.13 Å². The maximum atomic E-state index is 10.9. The van der Waals surface area contributed by atoms with E-state index in [1.165, 1.54) is 11.3 Å². The van der Waals surface area contributed by atoms with Gasteiger partial charge in [0.15, 0.2) is 3.92 Å². The molecule has 1 amide bonds. The maximum Gasteiger partial charge on any atom is 0.242 e. The Hall–Kier alpha value is -0.690. The van der Waals surface area contributed by atoms with E-state index in [1.807, 2.05) is 0 Å². The van der Waals surface area contributed by atoms with Gasteiger partial charge in [-0.25, -0.2) is 0 Å². The molecule has 7 heteroatoms. The Morgan fingerprint density at radius 2 is 2.23 bits per heavy atom. The molecule has 1 rings (SSSR count). The highest BCUT2D eigenvalue weighted by atomic mass is 79.9. The molecule has 0 aliphatic carbocycles. The highest BCUT2D eigenvalue weighted by molar-refractivity contribution is 9.11. The third kappa shape index (κ3) is 2.63. The Labute approximate surface area is 87.9 Å². The molecule has 0 fully saturated rings. The SMILES string of the molecule is CC(C)(Nc1nnc(Br)s1)C(N)=O. The summed E-state index contributed by atoms with van der Waals surface area (Å²) < 4.78 is 0.662. The Bertz CT molecular complexity index is 324. The van der Waals surface area contributed by atoms with Crippen molar-refractivity contribution in [3.63, 3.8) is 0 Å². The van der Waals surface area contributed by atoms with Gasteiger partial charge in [-0.15, -0.1) is 10.2 Å². The second kappa shape index (κ2) is 3.59. The van der Waals surface area contributed by atoms with Crippen molar-refractivity contribution in [2.75, 3.05) is 5.32 Å². The van der Waals surface area contributed by atoms with Gasteiger partial charge >= 0.3 is 0 Å². The van der Waals surface area contributed by atoms with E-state index in [4.69, 9.17) is 5.73 Å². The van der Waals surface area contributed by atoms with Gasteiger partial charge in [-0.1, -0.05) is 11.3 Å². The molecule has 0 radical (unpaired) electrons. The summed E-state index contributed by atoms with van der Waals surface area (Å²) in [5.41, 5.74) is 4.36. The number of hydrogen-bond donors (Lipinski definition) is 2. The van der Waals surface area contributed by atoms with Crippen molar-refractivity contribution in [3.8, 4) is 0 Å². The minimum absolute atomic E-state index is 0.432. The van der Waals surface area contributed by atoms with E-state index in [9.17, 15) is 4.79 Å². The molecule has 0 atom stereocenters. The van der Waals surface area contributed by atoms with Crippen LogP contribution in [0.2, 0.25) is 0 Å². The number of aromatic nitrogens is 2. The van der Waals surface area contributed by atoms with Crippen molar-refractivity contribution < 1.29 is 4.79 Å². The molecule has 0 aliphatic heterocycles. The fraction of sp³-hybridized carbons (Fsp3) is 0.500. The zero-order valence-corrected chi connectivity index (χ0v) is 9.57. The molecule has 3 N–H and O–H groups in total. The first-order valence-corrected chi connectivity index (χ1v) is 5.10. The molecule has 1 heterocycles. The number of primary amides is 1. The quantitative estimate of drug-likeness (QED) is 0.853. The lowest BCUT2D eigenvalue weighted by Gasteiger charge is -2.20. The van der Waals surface area contributed by atoms with Gasteiger partial charge in [-0.3, -0.25) is 4.79 Å². The van der Waals surface area contributed by atoms with E-state index < -0.39 is 11.4 Å². The van der Waals surface area contributed by atoms with E-state index in [0.29, 0.717) is 9.05 Å². The predicted molar refractivity (Wildman–Crippen MR) is 54.5 cm³/mol. The standard InChI is InChI=1S/C6H9BrN4OS/c1-6(2,3(8)12)9-5-11-10-4(7)13-5/h1-2H3,(H2,8,12)(H,9,11). The second-order valence-corrected chi connectivity index (χ2v) is 5.23. The van der Waals surface area contributed by atoms with Crippen molar-refractivity contribution in [1.29, 1.82) is 0 Å². The molecule has 1 aromatic rings. The summed E-state index contributed by atoms with van der Waals surface area (Å²) in [6.07, 6.45) is 0. The molecule has 0 spiro atoms. The molecular formula is C6H9BrN4OS. The number of hydrogen-bond acceptors (Lipinski definition) is 5. The van der Waals surface area contributed by atoms with E-state index in [2.05, 4.69) is 31.4 Å². The summed E-state index contributed by atoms with van der Waals surface area (Å²) in [6.45, 7) is 3.37. The number of halogens is 1. The lowest BCUT2D eigenvalue weighted by molar-refractivity contribution is -0.121. The molecule has 0 aromatic carbocycles. The van der Waals surface area contributed by atoms with Crippen molar-refractivity contribution >= 4 is 38.3 Å². The zero-order chi connectivity index (χ0) is 10.1. The smallest absolute Gasteiger partial charge is 0.242 e. The lowest BCUT2D eigenvalue weighted by Crippen LogP contribution is -2.44. The number of nitrogens with zero attached hydrogens (tertiary/aromatic N) is 2. The first kappa shape index (κ1) is 10.4. The molecule has 0 aliphatic rings. The fourth-order valence-electron chi connectivity index (χ4n) is 0.585. The van der Waals surface area contributed by atoms with Crippen LogP contribution in [0.15, 0.2) is 3.92 Å². The van der Waals surface area contributed by atoms with Gasteiger partial charge in [0.05, 0.1) is 0 Å². The fourth-order valence-corrected chi connectivity index (χ4v) is 1.75. The molecule has 0 unspecified atom stereocenters. The van der Waals surface area contributed by atoms with Crippen LogP contribution in [0.5, 0.6) is 0 Å². The lowest BCUT2D eigenvalue weighted by atomic mass is 10.1. The molecule has 0 bridgehead atoms. The molecule has 72 valence electrons. The number of anilines is 1. The summed E-state index contributed by atoms with van der Waals surface area (Å²) in [5.74, 6) is -0.432. The Morgan fingerprint density at radius 3 is 2.62 bits per heavy atom. The van der Waals surface area contributed by atoms with Crippen molar-refractivity contribution in [2.24, 2.45) is 5.73 Å². The van der Waals surface area contributed by atoms with Crippen LogP contribution in [-0.4, -0.2) is 21.6 Å². The van der Waals surface area contributed by atoms with Gasteiger partial charge in [0.2, 0.25) is 11.0 Å². The highest BCUT2D eigenvalue weighted by Crippen LogP contribution is 2.22. The molecule has 13 heavy (non-hydrogen) atoms. The van der Waals surface area contributed by atoms with Crippen molar-refractivity contribution in [1.82, 2.24) is 10.2 Å². The Morgan fingerprint density at radius 1 is 1.62 bits per heavy atom. The molecule has 1 aromatic heterocycles. The molecular weight excluding hydrogens is 256 g/mol. The van der Waals surface area contributed by atoms with Crippen LogP contribution in [0, 0.1) is 0 Å². The van der Waals surface area contributed by atoms with Gasteiger partial charge in [-0.2, -0.15) is 0 Å². The van der Waals surface area contributed by atoms with E-state index >= 15 is 0 Å². The minimum Gasteiger partial charge on any atom is -0.368 e. The van der Waals surface area contributed by atoms with Gasteiger partial charge in [0.1, 0.15) is 5.54 Å². The van der Waals surface area contributed by atoms with Crippen LogP contribution in [-0.2, 0) is 4.79 Å². The summed E-state index contributed by atoms with van der Waals surface area (Å²) in [6, 6.07) is 0. The maximum absolute atomic E-state index is 10.9. The van der Waals surface area contributed by atoms with Crippen molar-refractivity contribution in [3.05, 3.63) is 3.92 Å². The van der Waals surface area contributed by atoms with Crippen LogP contribution < -0.4 is 11.1 Å². The van der Waals surface area contributed by atoms with E-state index in [-0.39, 0.29) is 0 Å². The number of nitrogens with one attached hydrogen (secondary N) is 1. The monoisotopic (exact) mass is 264 g/mol. The van der Waals surface area contributed by atoms with Crippen LogP contribution in [0.25, 0.3) is 0 Å². The summed E-state index contributed by atoms with van der Waals surface area (Å²) >= 11 is 4.47. The average molecular weight is 265 g/mol.